The zero-order chi connectivity index (χ0) is 14.0. The van der Waals surface area contributed by atoms with E-state index in [0.29, 0.717) is 22.8 Å². The molecular formula is C12H14N4O3. The third-order valence-corrected chi connectivity index (χ3v) is 2.75. The van der Waals surface area contributed by atoms with Crippen molar-refractivity contribution in [2.24, 2.45) is 5.84 Å². The second-order valence-electron chi connectivity index (χ2n) is 4.10. The fourth-order valence-corrected chi connectivity index (χ4v) is 1.84. The van der Waals surface area contributed by atoms with E-state index in [9.17, 15) is 9.59 Å². The van der Waals surface area contributed by atoms with Gasteiger partial charge >= 0.3 is 0 Å². The monoisotopic (exact) mass is 262 g/mol. The Labute approximate surface area is 109 Å². The molecule has 7 heteroatoms. The first kappa shape index (κ1) is 13.0. The van der Waals surface area contributed by atoms with Crippen LogP contribution in [0.3, 0.4) is 0 Å². The predicted molar refractivity (Wildman–Crippen MR) is 67.4 cm³/mol. The number of aryl methyl sites for hydroxylation is 2. The molecule has 0 saturated carbocycles. The summed E-state index contributed by atoms with van der Waals surface area (Å²) in [5, 5.41) is 0. The first-order valence-electron chi connectivity index (χ1n) is 5.65. The Morgan fingerprint density at radius 2 is 2.26 bits per heavy atom. The molecule has 0 radical (unpaired) electrons. The normalized spacial score (nSPS) is 10.5. The lowest BCUT2D eigenvalue weighted by Crippen LogP contribution is -2.31. The fourth-order valence-electron chi connectivity index (χ4n) is 1.84. The summed E-state index contributed by atoms with van der Waals surface area (Å²) in [6, 6.07) is 2.93. The summed E-state index contributed by atoms with van der Waals surface area (Å²) in [4.78, 5) is 27.6. The SMILES string of the molecule is Cc1cc(=O)n(Cc2occc2C(=O)NN)c(C)n1. The second kappa shape index (κ2) is 5.07. The molecule has 2 aromatic heterocycles. The highest BCUT2D eigenvalue weighted by Gasteiger charge is 2.15. The van der Waals surface area contributed by atoms with Gasteiger partial charge in [0.15, 0.2) is 0 Å². The van der Waals surface area contributed by atoms with Crippen LogP contribution in [0.5, 0.6) is 0 Å². The molecular weight excluding hydrogens is 248 g/mol. The second-order valence-corrected chi connectivity index (χ2v) is 4.10. The number of amides is 1. The molecule has 1 amide bonds. The molecule has 0 saturated heterocycles. The van der Waals surface area contributed by atoms with Crippen molar-refractivity contribution < 1.29 is 9.21 Å². The quantitative estimate of drug-likeness (QED) is 0.464. The Bertz CT molecular complexity index is 672. The van der Waals surface area contributed by atoms with Crippen molar-refractivity contribution >= 4 is 5.91 Å². The number of nitrogens with two attached hydrogens (primary N) is 1. The summed E-state index contributed by atoms with van der Waals surface area (Å²) in [5.74, 6) is 5.54. The van der Waals surface area contributed by atoms with Crippen LogP contribution in [0.2, 0.25) is 0 Å². The van der Waals surface area contributed by atoms with Crippen LogP contribution < -0.4 is 16.8 Å². The minimum Gasteiger partial charge on any atom is -0.467 e. The molecule has 2 aromatic rings. The first-order chi connectivity index (χ1) is 9.02. The zero-order valence-corrected chi connectivity index (χ0v) is 10.6. The molecule has 0 aliphatic heterocycles. The fraction of sp³-hybridized carbons (Fsp3) is 0.250. The Morgan fingerprint density at radius 1 is 1.53 bits per heavy atom. The minimum atomic E-state index is -0.463. The highest BCUT2D eigenvalue weighted by Crippen LogP contribution is 2.12. The number of rotatable bonds is 3. The maximum Gasteiger partial charge on any atom is 0.268 e. The summed E-state index contributed by atoms with van der Waals surface area (Å²) in [5.41, 5.74) is 2.79. The molecule has 0 bridgehead atoms. The van der Waals surface area contributed by atoms with Gasteiger partial charge in [-0.15, -0.1) is 0 Å². The van der Waals surface area contributed by atoms with Crippen LogP contribution in [0.1, 0.15) is 27.6 Å². The highest BCUT2D eigenvalue weighted by atomic mass is 16.3. The molecule has 0 atom stereocenters. The van der Waals surface area contributed by atoms with Crippen molar-refractivity contribution in [1.29, 1.82) is 0 Å². The molecule has 0 fully saturated rings. The molecule has 0 unspecified atom stereocenters. The topological polar surface area (TPSA) is 103 Å². The summed E-state index contributed by atoms with van der Waals surface area (Å²) < 4.78 is 6.66. The number of hydrazine groups is 1. The summed E-state index contributed by atoms with van der Waals surface area (Å²) in [6.45, 7) is 3.60. The van der Waals surface area contributed by atoms with Crippen LogP contribution in [0.25, 0.3) is 0 Å². The van der Waals surface area contributed by atoms with Gasteiger partial charge in [-0.2, -0.15) is 0 Å². The first-order valence-corrected chi connectivity index (χ1v) is 5.65. The third kappa shape index (κ3) is 2.55. The van der Waals surface area contributed by atoms with E-state index in [1.807, 2.05) is 5.43 Å². The van der Waals surface area contributed by atoms with Gasteiger partial charge in [-0.3, -0.25) is 19.6 Å². The van der Waals surface area contributed by atoms with E-state index in [1.54, 1.807) is 13.8 Å². The van der Waals surface area contributed by atoms with Gasteiger partial charge in [0.25, 0.3) is 11.5 Å². The van der Waals surface area contributed by atoms with Crippen LogP contribution in [0.4, 0.5) is 0 Å². The van der Waals surface area contributed by atoms with E-state index in [1.165, 1.54) is 23.0 Å². The Kier molecular flexibility index (Phi) is 3.48. The van der Waals surface area contributed by atoms with Gasteiger partial charge in [0.2, 0.25) is 0 Å². The van der Waals surface area contributed by atoms with Crippen molar-refractivity contribution in [2.75, 3.05) is 0 Å². The van der Waals surface area contributed by atoms with E-state index in [-0.39, 0.29) is 12.1 Å². The van der Waals surface area contributed by atoms with Crippen LogP contribution in [0.15, 0.2) is 27.6 Å². The highest BCUT2D eigenvalue weighted by molar-refractivity contribution is 5.94. The maximum atomic E-state index is 11.9. The smallest absolute Gasteiger partial charge is 0.268 e. The number of nitrogens with zero attached hydrogens (tertiary/aromatic N) is 2. The van der Waals surface area contributed by atoms with Crippen LogP contribution in [0, 0.1) is 13.8 Å². The molecule has 2 rings (SSSR count). The zero-order valence-electron chi connectivity index (χ0n) is 10.6. The Morgan fingerprint density at radius 3 is 2.89 bits per heavy atom. The summed E-state index contributed by atoms with van der Waals surface area (Å²) >= 11 is 0. The minimum absolute atomic E-state index is 0.133. The van der Waals surface area contributed by atoms with Crippen molar-refractivity contribution in [2.45, 2.75) is 20.4 Å². The number of nitrogen functional groups attached to an aromatic ring is 1. The lowest BCUT2D eigenvalue weighted by Gasteiger charge is -2.09. The van der Waals surface area contributed by atoms with E-state index >= 15 is 0 Å². The molecule has 3 N–H and O–H groups in total. The van der Waals surface area contributed by atoms with Crippen LogP contribution in [-0.4, -0.2) is 15.5 Å². The van der Waals surface area contributed by atoms with E-state index in [2.05, 4.69) is 4.98 Å². The molecule has 0 aliphatic carbocycles. The average Bonchev–Trinajstić information content (AvgIpc) is 2.80. The van der Waals surface area contributed by atoms with Gasteiger partial charge in [-0.05, 0) is 19.9 Å². The van der Waals surface area contributed by atoms with Crippen molar-refractivity contribution in [3.8, 4) is 0 Å². The van der Waals surface area contributed by atoms with Gasteiger partial charge in [0.05, 0.1) is 18.4 Å². The van der Waals surface area contributed by atoms with E-state index < -0.39 is 5.91 Å². The lowest BCUT2D eigenvalue weighted by atomic mass is 10.2. The number of nitrogens with one attached hydrogen (secondary N) is 1. The number of hydrogen-bond donors (Lipinski definition) is 2. The van der Waals surface area contributed by atoms with E-state index in [4.69, 9.17) is 10.3 Å². The standard InChI is InChI=1S/C12H14N4O3/c1-7-5-11(17)16(8(2)14-7)6-10-9(3-4-19-10)12(18)15-13/h3-5H,6,13H2,1-2H3,(H,15,18). The largest absolute Gasteiger partial charge is 0.467 e. The maximum absolute atomic E-state index is 11.9. The molecule has 0 spiro atoms. The van der Waals surface area contributed by atoms with E-state index in [0.717, 1.165) is 0 Å². The third-order valence-electron chi connectivity index (χ3n) is 2.75. The lowest BCUT2D eigenvalue weighted by molar-refractivity contribution is 0.0951. The molecule has 0 aliphatic rings. The number of carbonyl (C=O) groups excluding carboxylic acids is 1. The predicted octanol–water partition coefficient (Wildman–Crippen LogP) is 0.105. The Hall–Kier alpha value is -2.41. The number of hydrogen-bond acceptors (Lipinski definition) is 5. The van der Waals surface area contributed by atoms with Gasteiger partial charge < -0.3 is 4.42 Å². The number of aromatic nitrogens is 2. The van der Waals surface area contributed by atoms with Crippen molar-refractivity contribution in [1.82, 2.24) is 15.0 Å². The van der Waals surface area contributed by atoms with Gasteiger partial charge in [0, 0.05) is 11.8 Å². The van der Waals surface area contributed by atoms with Crippen LogP contribution in [-0.2, 0) is 6.54 Å². The Balaban J connectivity index is 2.40. The summed E-state index contributed by atoms with van der Waals surface area (Å²) in [7, 11) is 0. The van der Waals surface area contributed by atoms with Gasteiger partial charge in [-0.1, -0.05) is 0 Å². The number of carbonyl (C=O) groups is 1. The van der Waals surface area contributed by atoms with Gasteiger partial charge in [-0.25, -0.2) is 10.8 Å². The van der Waals surface area contributed by atoms with Gasteiger partial charge in [0.1, 0.15) is 11.6 Å². The summed E-state index contributed by atoms with van der Waals surface area (Å²) in [6.07, 6.45) is 1.38. The molecule has 2 heterocycles. The number of furan rings is 1. The van der Waals surface area contributed by atoms with Crippen molar-refractivity contribution in [3.05, 3.63) is 51.6 Å². The van der Waals surface area contributed by atoms with Crippen molar-refractivity contribution in [3.63, 3.8) is 0 Å². The molecule has 0 aromatic carbocycles. The van der Waals surface area contributed by atoms with Crippen LogP contribution >= 0.6 is 0 Å². The average molecular weight is 262 g/mol. The molecule has 19 heavy (non-hydrogen) atoms. The molecule has 7 nitrogen and oxygen atoms in total. The molecule has 100 valence electrons.